The van der Waals surface area contributed by atoms with E-state index in [2.05, 4.69) is 10.6 Å². The van der Waals surface area contributed by atoms with Gasteiger partial charge in [-0.2, -0.15) is 0 Å². The predicted molar refractivity (Wildman–Crippen MR) is 136 cm³/mol. The average molecular weight is 511 g/mol. The van der Waals surface area contributed by atoms with E-state index in [4.69, 9.17) is 19.6 Å². The van der Waals surface area contributed by atoms with Crippen molar-refractivity contribution in [3.05, 3.63) is 65.1 Å². The molecule has 0 unspecified atom stereocenters. The van der Waals surface area contributed by atoms with E-state index in [1.165, 1.54) is 24.4 Å². The minimum atomic E-state index is -0.699. The molecule has 1 atom stereocenters. The summed E-state index contributed by atoms with van der Waals surface area (Å²) in [5, 5.41) is 13.1. The summed E-state index contributed by atoms with van der Waals surface area (Å²) in [5.74, 6) is -0.701. The van der Waals surface area contributed by atoms with Gasteiger partial charge >= 0.3 is 0 Å². The van der Waals surface area contributed by atoms with Gasteiger partial charge < -0.3 is 29.7 Å². The Morgan fingerprint density at radius 1 is 1.27 bits per heavy atom. The van der Waals surface area contributed by atoms with Crippen LogP contribution >= 0.6 is 0 Å². The SMILES string of the molecule is CN/C=C\C(=N)NC(=O)c1cc(Oc2ccc(C(=O)N3CC[C@@H](OC)C3)c(F)c2)c2c(c1)OC(C)(C)C2. The zero-order chi connectivity index (χ0) is 26.7. The quantitative estimate of drug-likeness (QED) is 0.387. The van der Waals surface area contributed by atoms with Crippen LogP contribution in [0, 0.1) is 11.2 Å². The van der Waals surface area contributed by atoms with Crippen LogP contribution in [0.1, 0.15) is 46.5 Å². The number of fused-ring (bicyclic) bond motifs is 1. The Morgan fingerprint density at radius 2 is 2.05 bits per heavy atom. The van der Waals surface area contributed by atoms with Gasteiger partial charge in [-0.3, -0.25) is 15.0 Å². The lowest BCUT2D eigenvalue weighted by Crippen LogP contribution is -2.30. The van der Waals surface area contributed by atoms with Crippen molar-refractivity contribution >= 4 is 17.6 Å². The molecule has 1 saturated heterocycles. The molecule has 2 heterocycles. The number of rotatable bonds is 7. The lowest BCUT2D eigenvalue weighted by atomic mass is 9.99. The van der Waals surface area contributed by atoms with E-state index < -0.39 is 23.2 Å². The number of nitrogens with one attached hydrogen (secondary N) is 3. The summed E-state index contributed by atoms with van der Waals surface area (Å²) in [7, 11) is 3.28. The number of halogens is 1. The Bertz CT molecular complexity index is 1260. The number of methoxy groups -OCH3 is 1. The molecule has 3 N–H and O–H groups in total. The molecule has 9 nitrogen and oxygen atoms in total. The zero-order valence-corrected chi connectivity index (χ0v) is 21.3. The number of hydrogen-bond acceptors (Lipinski definition) is 7. The van der Waals surface area contributed by atoms with E-state index in [0.717, 1.165) is 11.6 Å². The summed E-state index contributed by atoms with van der Waals surface area (Å²) in [5.41, 5.74) is 0.410. The van der Waals surface area contributed by atoms with E-state index in [1.807, 2.05) is 13.8 Å². The molecule has 2 amide bonds. The van der Waals surface area contributed by atoms with Gasteiger partial charge in [0, 0.05) is 50.9 Å². The minimum Gasteiger partial charge on any atom is -0.487 e. The Hall–Kier alpha value is -3.92. The molecular weight excluding hydrogens is 479 g/mol. The summed E-state index contributed by atoms with van der Waals surface area (Å²) in [6, 6.07) is 7.24. The minimum absolute atomic E-state index is 0.0416. The van der Waals surface area contributed by atoms with Crippen molar-refractivity contribution in [2.24, 2.45) is 0 Å². The summed E-state index contributed by atoms with van der Waals surface area (Å²) in [4.78, 5) is 27.2. The molecule has 37 heavy (non-hydrogen) atoms. The first-order chi connectivity index (χ1) is 17.6. The number of amidine groups is 1. The molecule has 2 aliphatic rings. The second-order valence-electron chi connectivity index (χ2n) is 9.62. The maximum Gasteiger partial charge on any atom is 0.257 e. The molecular formula is C27H31FN4O5. The highest BCUT2D eigenvalue weighted by atomic mass is 19.1. The number of hydrogen-bond donors (Lipinski definition) is 3. The Morgan fingerprint density at radius 3 is 2.73 bits per heavy atom. The first-order valence-corrected chi connectivity index (χ1v) is 12.0. The molecule has 0 spiro atoms. The highest BCUT2D eigenvalue weighted by molar-refractivity contribution is 6.09. The first kappa shape index (κ1) is 26.2. The summed E-state index contributed by atoms with van der Waals surface area (Å²) >= 11 is 0. The third-order valence-electron chi connectivity index (χ3n) is 6.25. The van der Waals surface area contributed by atoms with Crippen molar-refractivity contribution in [2.45, 2.75) is 38.4 Å². The first-order valence-electron chi connectivity index (χ1n) is 12.0. The van der Waals surface area contributed by atoms with Gasteiger partial charge in [0.15, 0.2) is 0 Å². The highest BCUT2D eigenvalue weighted by Gasteiger charge is 2.34. The number of nitrogens with zero attached hydrogens (tertiary/aromatic N) is 1. The van der Waals surface area contributed by atoms with Crippen LogP contribution in [0.3, 0.4) is 0 Å². The lowest BCUT2D eigenvalue weighted by molar-refractivity contribution is 0.0719. The number of carbonyl (C=O) groups excluding carboxylic acids is 2. The molecule has 0 aliphatic carbocycles. The van der Waals surface area contributed by atoms with Crippen LogP contribution in [0.2, 0.25) is 0 Å². The molecule has 2 aliphatic heterocycles. The van der Waals surface area contributed by atoms with Gasteiger partial charge in [-0.15, -0.1) is 0 Å². The normalized spacial score (nSPS) is 17.9. The predicted octanol–water partition coefficient (Wildman–Crippen LogP) is 3.63. The van der Waals surface area contributed by atoms with Gasteiger partial charge in [-0.1, -0.05) is 0 Å². The van der Waals surface area contributed by atoms with Crippen molar-refractivity contribution < 1.29 is 28.2 Å². The van der Waals surface area contributed by atoms with Gasteiger partial charge in [0.25, 0.3) is 11.8 Å². The molecule has 0 bridgehead atoms. The van der Waals surface area contributed by atoms with Gasteiger partial charge in [0.1, 0.15) is 34.5 Å². The number of ether oxygens (including phenoxy) is 3. The van der Waals surface area contributed by atoms with Crippen LogP contribution in [0.15, 0.2) is 42.6 Å². The number of benzene rings is 2. The Labute approximate surface area is 215 Å². The third kappa shape index (κ3) is 5.91. The van der Waals surface area contributed by atoms with Crippen molar-refractivity contribution in [1.29, 1.82) is 5.41 Å². The molecule has 2 aromatic rings. The monoisotopic (exact) mass is 510 g/mol. The Balaban J connectivity index is 1.58. The maximum atomic E-state index is 15.0. The third-order valence-corrected chi connectivity index (χ3v) is 6.25. The van der Waals surface area contributed by atoms with Gasteiger partial charge in [-0.25, -0.2) is 4.39 Å². The second kappa shape index (κ2) is 10.6. The van der Waals surface area contributed by atoms with Crippen LogP contribution in [-0.4, -0.2) is 61.5 Å². The largest absolute Gasteiger partial charge is 0.487 e. The second-order valence-corrected chi connectivity index (χ2v) is 9.62. The molecule has 0 saturated carbocycles. The Kier molecular flexibility index (Phi) is 7.49. The lowest BCUT2D eigenvalue weighted by Gasteiger charge is -2.17. The van der Waals surface area contributed by atoms with E-state index in [-0.39, 0.29) is 28.8 Å². The fraction of sp³-hybridized carbons (Fsp3) is 0.370. The number of likely N-dealkylation sites (tertiary alicyclic amines) is 1. The van der Waals surface area contributed by atoms with Crippen LogP contribution in [0.4, 0.5) is 4.39 Å². The van der Waals surface area contributed by atoms with Gasteiger partial charge in [0.05, 0.1) is 11.7 Å². The molecule has 1 fully saturated rings. The van der Waals surface area contributed by atoms with Gasteiger partial charge in [-0.05, 0) is 56.8 Å². The number of carbonyl (C=O) groups is 2. The average Bonchev–Trinajstić information content (AvgIpc) is 3.45. The smallest absolute Gasteiger partial charge is 0.257 e. The molecule has 0 radical (unpaired) electrons. The van der Waals surface area contributed by atoms with Crippen molar-refractivity contribution in [3.63, 3.8) is 0 Å². The molecule has 10 heteroatoms. The fourth-order valence-corrected chi connectivity index (χ4v) is 4.40. The molecule has 0 aromatic heterocycles. The van der Waals surface area contributed by atoms with Crippen molar-refractivity contribution in [3.8, 4) is 17.2 Å². The van der Waals surface area contributed by atoms with Crippen LogP contribution < -0.4 is 20.1 Å². The van der Waals surface area contributed by atoms with E-state index >= 15 is 4.39 Å². The van der Waals surface area contributed by atoms with E-state index in [1.54, 1.807) is 31.2 Å². The standard InChI is InChI=1S/C27H31FN4O5/c1-27(2)14-20-22(11-16(12-23(20)37-27)25(33)31-24(29)7-9-30-3)36-17-5-6-19(21(28)13-17)26(34)32-10-8-18(15-32)35-4/h5-7,9,11-13,18,30H,8,10,14-15H2,1-4H3,(H2,29,31,33)/b9-7-/t18-/m1/s1. The summed E-state index contributed by atoms with van der Waals surface area (Å²) < 4.78 is 32.3. The van der Waals surface area contributed by atoms with E-state index in [0.29, 0.717) is 37.4 Å². The maximum absolute atomic E-state index is 15.0. The summed E-state index contributed by atoms with van der Waals surface area (Å²) in [6.07, 6.45) is 4.12. The topological polar surface area (TPSA) is 113 Å². The highest BCUT2D eigenvalue weighted by Crippen LogP contribution is 2.43. The van der Waals surface area contributed by atoms with Gasteiger partial charge in [0.2, 0.25) is 0 Å². The van der Waals surface area contributed by atoms with Crippen molar-refractivity contribution in [2.75, 3.05) is 27.2 Å². The van der Waals surface area contributed by atoms with Crippen LogP contribution in [-0.2, 0) is 11.2 Å². The number of amides is 2. The summed E-state index contributed by atoms with van der Waals surface area (Å²) in [6.45, 7) is 4.77. The van der Waals surface area contributed by atoms with Crippen LogP contribution in [0.5, 0.6) is 17.2 Å². The van der Waals surface area contributed by atoms with E-state index in [9.17, 15) is 9.59 Å². The molecule has 2 aromatic carbocycles. The molecule has 4 rings (SSSR count). The fourth-order valence-electron chi connectivity index (χ4n) is 4.40. The van der Waals surface area contributed by atoms with Crippen LogP contribution in [0.25, 0.3) is 0 Å². The molecule has 196 valence electrons. The zero-order valence-electron chi connectivity index (χ0n) is 21.3. The van der Waals surface area contributed by atoms with Crippen molar-refractivity contribution in [1.82, 2.24) is 15.5 Å².